The molecule has 0 spiro atoms. The third kappa shape index (κ3) is 8.31. The molecule has 0 aliphatic heterocycles. The van der Waals surface area contributed by atoms with E-state index in [0.717, 1.165) is 41.1 Å². The van der Waals surface area contributed by atoms with Crippen molar-refractivity contribution in [1.82, 2.24) is 5.32 Å². The van der Waals surface area contributed by atoms with Gasteiger partial charge >= 0.3 is 0 Å². The number of benzene rings is 1. The third-order valence-corrected chi connectivity index (χ3v) is 5.13. The molecule has 0 aromatic heterocycles. The molecule has 29 heavy (non-hydrogen) atoms. The van der Waals surface area contributed by atoms with Crippen molar-refractivity contribution in [3.63, 3.8) is 0 Å². The van der Waals surface area contributed by atoms with Crippen LogP contribution in [-0.4, -0.2) is 18.8 Å². The highest BCUT2D eigenvalue weighted by Gasteiger charge is 2.12. The van der Waals surface area contributed by atoms with Gasteiger partial charge in [0.15, 0.2) is 0 Å². The largest absolute Gasteiger partial charge is 0.388 e. The van der Waals surface area contributed by atoms with E-state index in [0.29, 0.717) is 6.04 Å². The maximum Gasteiger partial charge on any atom is 0.0743 e. The van der Waals surface area contributed by atoms with Crippen molar-refractivity contribution in [2.45, 2.75) is 79.2 Å². The van der Waals surface area contributed by atoms with Gasteiger partial charge in [-0.1, -0.05) is 70.9 Å². The van der Waals surface area contributed by atoms with Crippen molar-refractivity contribution in [2.75, 3.05) is 12.4 Å². The molecule has 1 rings (SSSR count). The van der Waals surface area contributed by atoms with Crippen molar-refractivity contribution in [2.24, 2.45) is 4.99 Å². The molecule has 0 saturated carbocycles. The summed E-state index contributed by atoms with van der Waals surface area (Å²) in [6.07, 6.45) is 11.0. The minimum atomic E-state index is 0.523. The van der Waals surface area contributed by atoms with Crippen LogP contribution in [-0.2, 0) is 0 Å². The predicted molar refractivity (Wildman–Crippen MR) is 131 cm³/mol. The average Bonchev–Trinajstić information content (AvgIpc) is 2.73. The van der Waals surface area contributed by atoms with Gasteiger partial charge in [0.05, 0.1) is 5.71 Å². The smallest absolute Gasteiger partial charge is 0.0743 e. The lowest BCUT2D eigenvalue weighted by atomic mass is 10.0. The third-order valence-electron chi connectivity index (χ3n) is 5.13. The predicted octanol–water partition coefficient (Wildman–Crippen LogP) is 7.24. The van der Waals surface area contributed by atoms with E-state index < -0.39 is 0 Å². The van der Waals surface area contributed by atoms with Crippen LogP contribution in [0.15, 0.2) is 65.0 Å². The van der Waals surface area contributed by atoms with E-state index >= 15 is 0 Å². The van der Waals surface area contributed by atoms with Crippen LogP contribution in [0.25, 0.3) is 0 Å². The number of aliphatic imine (C=N–C) groups is 1. The van der Waals surface area contributed by atoms with E-state index in [1.807, 2.05) is 13.1 Å². The Hall–Kier alpha value is -2.29. The van der Waals surface area contributed by atoms with Gasteiger partial charge in [-0.2, -0.15) is 0 Å². The summed E-state index contributed by atoms with van der Waals surface area (Å²) < 4.78 is 0. The quantitative estimate of drug-likeness (QED) is 0.273. The summed E-state index contributed by atoms with van der Waals surface area (Å²) in [6, 6.07) is 8.88. The molecular weight excluding hydrogens is 354 g/mol. The van der Waals surface area contributed by atoms with Crippen molar-refractivity contribution in [3.05, 3.63) is 65.5 Å². The summed E-state index contributed by atoms with van der Waals surface area (Å²) in [4.78, 5) is 5.02. The summed E-state index contributed by atoms with van der Waals surface area (Å²) in [6.45, 7) is 14.8. The summed E-state index contributed by atoms with van der Waals surface area (Å²) >= 11 is 0. The zero-order valence-electron chi connectivity index (χ0n) is 19.4. The lowest BCUT2D eigenvalue weighted by Crippen LogP contribution is -2.29. The molecule has 0 amide bonds. The number of para-hydroxylation sites is 1. The summed E-state index contributed by atoms with van der Waals surface area (Å²) in [5, 5.41) is 7.15. The number of nitrogens with one attached hydrogen (secondary N) is 2. The SMILES string of the molecule is C=C/C(C)=C(C)/N=C(/C=C(\CCC)NC(CCC)CCC)c1ccccc1NC. The number of nitrogens with zero attached hydrogens (tertiary/aromatic N) is 1. The topological polar surface area (TPSA) is 36.4 Å². The first kappa shape index (κ1) is 24.7. The second-order valence-electron chi connectivity index (χ2n) is 7.60. The molecule has 0 radical (unpaired) electrons. The first-order valence-corrected chi connectivity index (χ1v) is 11.1. The second-order valence-corrected chi connectivity index (χ2v) is 7.60. The fourth-order valence-electron chi connectivity index (χ4n) is 3.38. The molecule has 160 valence electrons. The Bertz CT molecular complexity index is 719. The lowest BCUT2D eigenvalue weighted by molar-refractivity contribution is 0.473. The van der Waals surface area contributed by atoms with Gasteiger partial charge in [-0.25, -0.2) is 0 Å². The van der Waals surface area contributed by atoms with Crippen LogP contribution in [0.4, 0.5) is 5.69 Å². The molecule has 0 heterocycles. The fraction of sp³-hybridized carbons (Fsp3) is 0.500. The molecule has 3 heteroatoms. The van der Waals surface area contributed by atoms with Gasteiger partial charge < -0.3 is 10.6 Å². The minimum Gasteiger partial charge on any atom is -0.388 e. The first-order chi connectivity index (χ1) is 14.0. The monoisotopic (exact) mass is 395 g/mol. The van der Waals surface area contributed by atoms with Gasteiger partial charge in [-0.15, -0.1) is 0 Å². The number of anilines is 1. The van der Waals surface area contributed by atoms with E-state index in [9.17, 15) is 0 Å². The molecule has 1 aromatic carbocycles. The molecule has 2 N–H and O–H groups in total. The minimum absolute atomic E-state index is 0.523. The van der Waals surface area contributed by atoms with E-state index in [2.05, 4.69) is 82.2 Å². The van der Waals surface area contributed by atoms with E-state index in [-0.39, 0.29) is 0 Å². The van der Waals surface area contributed by atoms with Crippen molar-refractivity contribution in [1.29, 1.82) is 0 Å². The summed E-state index contributed by atoms with van der Waals surface area (Å²) in [5.41, 5.74) is 6.54. The molecule has 0 fully saturated rings. The Balaban J connectivity index is 3.48. The molecule has 1 aromatic rings. The molecular formula is C26H41N3. The van der Waals surface area contributed by atoms with E-state index in [4.69, 9.17) is 4.99 Å². The first-order valence-electron chi connectivity index (χ1n) is 11.1. The molecule has 0 atom stereocenters. The normalized spacial score (nSPS) is 13.3. The Morgan fingerprint density at radius 2 is 1.72 bits per heavy atom. The second kappa shape index (κ2) is 13.8. The molecule has 0 unspecified atom stereocenters. The number of hydrogen-bond acceptors (Lipinski definition) is 3. The highest BCUT2D eigenvalue weighted by atomic mass is 14.9. The van der Waals surface area contributed by atoms with Crippen LogP contribution < -0.4 is 10.6 Å². The molecule has 0 aliphatic rings. The van der Waals surface area contributed by atoms with Crippen LogP contribution in [0.3, 0.4) is 0 Å². The number of rotatable bonds is 13. The molecule has 0 aliphatic carbocycles. The highest BCUT2D eigenvalue weighted by Crippen LogP contribution is 2.20. The molecule has 0 bridgehead atoms. The standard InChI is InChI=1S/C26H41N3/c1-8-14-22(15-9-2)29-23(16-10-3)19-26(28-21(6)20(5)11-4)24-17-12-13-18-25(24)27-7/h11-13,17-19,22,27,29H,4,8-10,14-16H2,1-3,5-7H3/b21-20+,23-19+,28-26-. The van der Waals surface area contributed by atoms with Gasteiger partial charge in [-0.3, -0.25) is 4.99 Å². The number of hydrogen-bond donors (Lipinski definition) is 2. The van der Waals surface area contributed by atoms with Gasteiger partial charge in [0, 0.05) is 35.7 Å². The summed E-state index contributed by atoms with van der Waals surface area (Å²) in [5.74, 6) is 0. The van der Waals surface area contributed by atoms with Gasteiger partial charge in [0.2, 0.25) is 0 Å². The van der Waals surface area contributed by atoms with Crippen molar-refractivity contribution in [3.8, 4) is 0 Å². The van der Waals surface area contributed by atoms with Gasteiger partial charge in [-0.05, 0) is 50.8 Å². The van der Waals surface area contributed by atoms with Gasteiger partial charge in [0.25, 0.3) is 0 Å². The van der Waals surface area contributed by atoms with Crippen LogP contribution in [0.1, 0.15) is 78.7 Å². The van der Waals surface area contributed by atoms with Crippen LogP contribution in [0.5, 0.6) is 0 Å². The van der Waals surface area contributed by atoms with E-state index in [1.165, 1.54) is 31.4 Å². The highest BCUT2D eigenvalue weighted by molar-refractivity contribution is 6.13. The maximum atomic E-state index is 5.02. The van der Waals surface area contributed by atoms with E-state index in [1.54, 1.807) is 0 Å². The van der Waals surface area contributed by atoms with Crippen molar-refractivity contribution < 1.29 is 0 Å². The van der Waals surface area contributed by atoms with Crippen LogP contribution in [0, 0.1) is 0 Å². The van der Waals surface area contributed by atoms with Crippen LogP contribution in [0.2, 0.25) is 0 Å². The fourth-order valence-corrected chi connectivity index (χ4v) is 3.38. The Kier molecular flexibility index (Phi) is 11.8. The Morgan fingerprint density at radius 1 is 1.07 bits per heavy atom. The average molecular weight is 396 g/mol. The maximum absolute atomic E-state index is 5.02. The summed E-state index contributed by atoms with van der Waals surface area (Å²) in [7, 11) is 1.96. The van der Waals surface area contributed by atoms with Crippen molar-refractivity contribution >= 4 is 11.4 Å². The molecule has 3 nitrogen and oxygen atoms in total. The lowest BCUT2D eigenvalue weighted by Gasteiger charge is -2.22. The number of allylic oxidation sites excluding steroid dienone is 5. The zero-order valence-corrected chi connectivity index (χ0v) is 19.4. The van der Waals surface area contributed by atoms with Gasteiger partial charge in [0.1, 0.15) is 0 Å². The Morgan fingerprint density at radius 3 is 2.28 bits per heavy atom. The van der Waals surface area contributed by atoms with Crippen LogP contribution >= 0.6 is 0 Å². The Labute approximate surface area is 179 Å². The zero-order chi connectivity index (χ0) is 21.6. The molecule has 0 saturated heterocycles.